The lowest BCUT2D eigenvalue weighted by Crippen LogP contribution is -2.13. The van der Waals surface area contributed by atoms with Crippen molar-refractivity contribution in [3.05, 3.63) is 62.1 Å². The highest BCUT2D eigenvalue weighted by atomic mass is 79.9. The van der Waals surface area contributed by atoms with Gasteiger partial charge < -0.3 is 10.4 Å². The van der Waals surface area contributed by atoms with Gasteiger partial charge in [-0.25, -0.2) is 0 Å². The molecular formula is C16H9BrCl2N2O2. The van der Waals surface area contributed by atoms with E-state index in [9.17, 15) is 15.2 Å². The largest absolute Gasteiger partial charge is 0.507 e. The van der Waals surface area contributed by atoms with Crippen LogP contribution in [0, 0.1) is 11.3 Å². The van der Waals surface area contributed by atoms with E-state index < -0.39 is 5.91 Å². The second-order valence-electron chi connectivity index (χ2n) is 4.45. The number of phenolic OH excluding ortho intramolecular Hbond substituents is 1. The number of hydrogen-bond acceptors (Lipinski definition) is 3. The normalized spacial score (nSPS) is 11.0. The molecule has 7 heteroatoms. The third kappa shape index (κ3) is 4.49. The first kappa shape index (κ1) is 17.4. The van der Waals surface area contributed by atoms with E-state index in [2.05, 4.69) is 21.2 Å². The van der Waals surface area contributed by atoms with Crippen molar-refractivity contribution in [3.8, 4) is 11.8 Å². The zero-order valence-electron chi connectivity index (χ0n) is 11.5. The zero-order valence-corrected chi connectivity index (χ0v) is 14.6. The summed E-state index contributed by atoms with van der Waals surface area (Å²) in [6, 6.07) is 11.1. The maximum Gasteiger partial charge on any atom is 0.266 e. The maximum atomic E-state index is 12.2. The maximum absolute atomic E-state index is 12.2. The third-order valence-electron chi connectivity index (χ3n) is 2.83. The molecule has 2 aromatic carbocycles. The van der Waals surface area contributed by atoms with Crippen molar-refractivity contribution in [2.45, 2.75) is 0 Å². The molecule has 0 saturated carbocycles. The van der Waals surface area contributed by atoms with Crippen molar-refractivity contribution in [1.29, 1.82) is 5.26 Å². The second-order valence-corrected chi connectivity index (χ2v) is 6.21. The Morgan fingerprint density at radius 2 is 2.00 bits per heavy atom. The van der Waals surface area contributed by atoms with Crippen LogP contribution >= 0.6 is 39.1 Å². The first-order chi connectivity index (χ1) is 10.9. The van der Waals surface area contributed by atoms with Crippen LogP contribution in [0.5, 0.6) is 5.75 Å². The fourth-order valence-corrected chi connectivity index (χ4v) is 2.44. The van der Waals surface area contributed by atoms with Gasteiger partial charge in [0, 0.05) is 15.1 Å². The summed E-state index contributed by atoms with van der Waals surface area (Å²) in [4.78, 5) is 12.2. The first-order valence-electron chi connectivity index (χ1n) is 6.27. The number of nitrogens with one attached hydrogen (secondary N) is 1. The monoisotopic (exact) mass is 410 g/mol. The molecule has 23 heavy (non-hydrogen) atoms. The van der Waals surface area contributed by atoms with Crippen LogP contribution in [0.15, 0.2) is 46.4 Å². The molecule has 0 aliphatic rings. The Bertz CT molecular complexity index is 844. The summed E-state index contributed by atoms with van der Waals surface area (Å²) in [6.07, 6.45) is 1.29. The predicted octanol–water partition coefficient (Wildman–Crippen LogP) is 5.01. The highest BCUT2D eigenvalue weighted by molar-refractivity contribution is 9.10. The lowest BCUT2D eigenvalue weighted by molar-refractivity contribution is -0.112. The Hall–Kier alpha value is -2.00. The van der Waals surface area contributed by atoms with Crippen LogP contribution in [0.25, 0.3) is 6.08 Å². The number of halogens is 3. The Balaban J connectivity index is 2.32. The SMILES string of the molecule is N#C/C(=C/c1cc(Br)ccc1O)C(=O)Nc1cc(Cl)ccc1Cl. The molecule has 0 atom stereocenters. The van der Waals surface area contributed by atoms with Gasteiger partial charge >= 0.3 is 0 Å². The second kappa shape index (κ2) is 7.51. The first-order valence-corrected chi connectivity index (χ1v) is 7.82. The smallest absolute Gasteiger partial charge is 0.266 e. The number of carbonyl (C=O) groups excluding carboxylic acids is 1. The van der Waals surface area contributed by atoms with Crippen molar-refractivity contribution in [3.63, 3.8) is 0 Å². The van der Waals surface area contributed by atoms with E-state index in [1.807, 2.05) is 0 Å². The Labute approximate surface area is 151 Å². The molecule has 0 aliphatic carbocycles. The molecule has 0 fully saturated rings. The summed E-state index contributed by atoms with van der Waals surface area (Å²) >= 11 is 15.1. The zero-order chi connectivity index (χ0) is 17.0. The van der Waals surface area contributed by atoms with Gasteiger partial charge in [-0.05, 0) is 42.5 Å². The van der Waals surface area contributed by atoms with E-state index in [1.54, 1.807) is 24.3 Å². The minimum atomic E-state index is -0.656. The molecule has 2 N–H and O–H groups in total. The van der Waals surface area contributed by atoms with Crippen molar-refractivity contribution in [2.75, 3.05) is 5.32 Å². The molecule has 0 aliphatic heterocycles. The molecule has 0 radical (unpaired) electrons. The summed E-state index contributed by atoms with van der Waals surface area (Å²) < 4.78 is 0.706. The van der Waals surface area contributed by atoms with E-state index in [4.69, 9.17) is 23.2 Å². The predicted molar refractivity (Wildman–Crippen MR) is 94.5 cm³/mol. The number of hydrogen-bond donors (Lipinski definition) is 2. The molecule has 4 nitrogen and oxygen atoms in total. The lowest BCUT2D eigenvalue weighted by Gasteiger charge is -2.07. The molecule has 0 saturated heterocycles. The number of anilines is 1. The topological polar surface area (TPSA) is 73.1 Å². The van der Waals surface area contributed by atoms with Gasteiger partial charge in [-0.1, -0.05) is 39.1 Å². The van der Waals surface area contributed by atoms with Gasteiger partial charge in [0.05, 0.1) is 10.7 Å². The molecule has 0 heterocycles. The van der Waals surface area contributed by atoms with Crippen LogP contribution in [0.3, 0.4) is 0 Å². The number of nitriles is 1. The lowest BCUT2D eigenvalue weighted by atomic mass is 10.1. The van der Waals surface area contributed by atoms with Crippen molar-refractivity contribution >= 4 is 56.8 Å². The minimum Gasteiger partial charge on any atom is -0.507 e. The number of amides is 1. The molecule has 0 aromatic heterocycles. The Morgan fingerprint density at radius 3 is 2.70 bits per heavy atom. The van der Waals surface area contributed by atoms with Crippen LogP contribution in [0.2, 0.25) is 10.0 Å². The molecular weight excluding hydrogens is 403 g/mol. The average Bonchev–Trinajstić information content (AvgIpc) is 2.51. The quantitative estimate of drug-likeness (QED) is 0.550. The van der Waals surface area contributed by atoms with E-state index in [0.717, 1.165) is 0 Å². The van der Waals surface area contributed by atoms with Gasteiger partial charge in [0.1, 0.15) is 17.4 Å². The van der Waals surface area contributed by atoms with Crippen LogP contribution < -0.4 is 5.32 Å². The highest BCUT2D eigenvalue weighted by Crippen LogP contribution is 2.27. The van der Waals surface area contributed by atoms with Crippen molar-refractivity contribution < 1.29 is 9.90 Å². The minimum absolute atomic E-state index is 0.0467. The fourth-order valence-electron chi connectivity index (χ4n) is 1.73. The fraction of sp³-hybridized carbons (Fsp3) is 0. The number of carbonyl (C=O) groups is 1. The Kier molecular flexibility index (Phi) is 5.67. The molecule has 2 rings (SSSR count). The number of benzene rings is 2. The molecule has 0 bridgehead atoms. The molecule has 0 unspecified atom stereocenters. The third-order valence-corrected chi connectivity index (χ3v) is 3.89. The van der Waals surface area contributed by atoms with Crippen LogP contribution in [0.1, 0.15) is 5.56 Å². The van der Waals surface area contributed by atoms with Gasteiger partial charge in [-0.2, -0.15) is 5.26 Å². The van der Waals surface area contributed by atoms with Gasteiger partial charge in [-0.15, -0.1) is 0 Å². The van der Waals surface area contributed by atoms with Gasteiger partial charge in [0.25, 0.3) is 5.91 Å². The summed E-state index contributed by atoms with van der Waals surface area (Å²) in [5.41, 5.74) is 0.446. The molecule has 1 amide bonds. The van der Waals surface area contributed by atoms with Crippen molar-refractivity contribution in [2.24, 2.45) is 0 Å². The van der Waals surface area contributed by atoms with Crippen LogP contribution in [-0.2, 0) is 4.79 Å². The van der Waals surface area contributed by atoms with E-state index >= 15 is 0 Å². The van der Waals surface area contributed by atoms with Crippen LogP contribution in [0.4, 0.5) is 5.69 Å². The molecule has 116 valence electrons. The number of nitrogens with zero attached hydrogens (tertiary/aromatic N) is 1. The standard InChI is InChI=1S/C16H9BrCl2N2O2/c17-11-1-4-15(22)9(6-11)5-10(8-20)16(23)21-14-7-12(18)2-3-13(14)19/h1-7,22H,(H,21,23)/b10-5-. The van der Waals surface area contributed by atoms with E-state index in [-0.39, 0.29) is 11.3 Å². The number of phenols is 1. The molecule has 2 aromatic rings. The molecule has 0 spiro atoms. The van der Waals surface area contributed by atoms with Gasteiger partial charge in [0.15, 0.2) is 0 Å². The van der Waals surface area contributed by atoms with Gasteiger partial charge in [0.2, 0.25) is 0 Å². The summed E-state index contributed by atoms with van der Waals surface area (Å²) in [6.45, 7) is 0. The van der Waals surface area contributed by atoms with Gasteiger partial charge in [-0.3, -0.25) is 4.79 Å². The van der Waals surface area contributed by atoms with Crippen LogP contribution in [-0.4, -0.2) is 11.0 Å². The summed E-state index contributed by atoms with van der Waals surface area (Å²) in [7, 11) is 0. The highest BCUT2D eigenvalue weighted by Gasteiger charge is 2.13. The number of aromatic hydroxyl groups is 1. The summed E-state index contributed by atoms with van der Waals surface area (Å²) in [5.74, 6) is -0.703. The average molecular weight is 412 g/mol. The van der Waals surface area contributed by atoms with Crippen molar-refractivity contribution in [1.82, 2.24) is 0 Å². The summed E-state index contributed by atoms with van der Waals surface area (Å²) in [5, 5.41) is 22.2. The van der Waals surface area contributed by atoms with E-state index in [0.29, 0.717) is 25.8 Å². The number of rotatable bonds is 3. The van der Waals surface area contributed by atoms with E-state index in [1.165, 1.54) is 24.3 Å². The Morgan fingerprint density at radius 1 is 1.26 bits per heavy atom.